The Bertz CT molecular complexity index is 293. The SMILES string of the molecule is CC(C)CC(C)S(C)(C)(C)(CC(C)(C)C)C(C)C. The molecule has 0 aromatic carbocycles. The maximum Gasteiger partial charge on any atom is -0.0249 e. The lowest BCUT2D eigenvalue weighted by Gasteiger charge is -2.81. The minimum atomic E-state index is -2.06. The lowest BCUT2D eigenvalue weighted by atomic mass is 10.0. The number of rotatable bonds is 5. The van der Waals surface area contributed by atoms with Crippen molar-refractivity contribution < 1.29 is 0 Å². The molecule has 0 rings (SSSR count). The van der Waals surface area contributed by atoms with E-state index in [1.807, 2.05) is 0 Å². The van der Waals surface area contributed by atoms with Gasteiger partial charge in [0.2, 0.25) is 0 Å². The molecule has 1 atom stereocenters. The van der Waals surface area contributed by atoms with Crippen LogP contribution in [0.5, 0.6) is 0 Å². The lowest BCUT2D eigenvalue weighted by molar-refractivity contribution is 0.467. The summed E-state index contributed by atoms with van der Waals surface area (Å²) in [5, 5.41) is 1.60. The van der Waals surface area contributed by atoms with Crippen molar-refractivity contribution in [2.75, 3.05) is 24.5 Å². The van der Waals surface area contributed by atoms with Gasteiger partial charge in [-0.05, 0) is 52.8 Å². The summed E-state index contributed by atoms with van der Waals surface area (Å²) in [7, 11) is -2.06. The van der Waals surface area contributed by atoms with Gasteiger partial charge in [0.15, 0.2) is 0 Å². The summed E-state index contributed by atoms with van der Waals surface area (Å²) in [4.78, 5) is 0. The van der Waals surface area contributed by atoms with Gasteiger partial charge in [-0.15, -0.1) is 0 Å². The third kappa shape index (κ3) is 3.68. The first-order valence-corrected chi connectivity index (χ1v) is 11.5. The van der Waals surface area contributed by atoms with Crippen LogP contribution in [-0.2, 0) is 0 Å². The van der Waals surface area contributed by atoms with Gasteiger partial charge in [0.05, 0.1) is 0 Å². The lowest BCUT2D eigenvalue weighted by Crippen LogP contribution is -2.54. The molecule has 0 amide bonds. The van der Waals surface area contributed by atoms with Gasteiger partial charge >= 0.3 is 0 Å². The van der Waals surface area contributed by atoms with Crippen LogP contribution in [-0.4, -0.2) is 35.0 Å². The second-order valence-electron chi connectivity index (χ2n) is 10.2. The largest absolute Gasteiger partial charge is 0.277 e. The van der Waals surface area contributed by atoms with E-state index in [9.17, 15) is 0 Å². The molecule has 0 nitrogen and oxygen atoms in total. The predicted molar refractivity (Wildman–Crippen MR) is 93.7 cm³/mol. The molecule has 1 unspecified atom stereocenters. The van der Waals surface area contributed by atoms with E-state index in [2.05, 4.69) is 74.2 Å². The van der Waals surface area contributed by atoms with Crippen molar-refractivity contribution in [1.29, 1.82) is 0 Å². The molecular formula is C17H40S. The van der Waals surface area contributed by atoms with E-state index in [0.29, 0.717) is 5.41 Å². The van der Waals surface area contributed by atoms with E-state index in [-0.39, 0.29) is 0 Å². The van der Waals surface area contributed by atoms with Crippen LogP contribution in [0, 0.1) is 11.3 Å². The Labute approximate surface area is 117 Å². The van der Waals surface area contributed by atoms with E-state index in [1.165, 1.54) is 12.2 Å². The summed E-state index contributed by atoms with van der Waals surface area (Å²) in [6.07, 6.45) is 9.33. The fraction of sp³-hybridized carbons (Fsp3) is 1.00. The van der Waals surface area contributed by atoms with Crippen LogP contribution in [0.25, 0.3) is 0 Å². The molecule has 0 aromatic rings. The predicted octanol–water partition coefficient (Wildman–Crippen LogP) is 5.64. The van der Waals surface area contributed by atoms with Crippen molar-refractivity contribution in [1.82, 2.24) is 0 Å². The molecule has 0 aliphatic heterocycles. The summed E-state index contributed by atoms with van der Waals surface area (Å²) in [5.74, 6) is 2.17. The van der Waals surface area contributed by atoms with E-state index >= 15 is 0 Å². The molecule has 0 radical (unpaired) electrons. The summed E-state index contributed by atoms with van der Waals surface area (Å²) < 4.78 is 0. The van der Waals surface area contributed by atoms with Crippen LogP contribution in [0.15, 0.2) is 0 Å². The minimum absolute atomic E-state index is 0.412. The Morgan fingerprint density at radius 2 is 1.22 bits per heavy atom. The first-order valence-electron chi connectivity index (χ1n) is 7.54. The zero-order chi connectivity index (χ0) is 15.1. The first-order chi connectivity index (χ1) is 7.54. The Kier molecular flexibility index (Phi) is 4.52. The van der Waals surface area contributed by atoms with Crippen molar-refractivity contribution in [2.24, 2.45) is 11.3 Å². The fourth-order valence-corrected chi connectivity index (χ4v) is 10.0. The summed E-state index contributed by atoms with van der Waals surface area (Å²) in [5.41, 5.74) is 0.412. The second kappa shape index (κ2) is 4.43. The molecule has 0 aromatic heterocycles. The molecular weight excluding hydrogens is 236 g/mol. The number of hydrogen-bond acceptors (Lipinski definition) is 0. The molecule has 114 valence electrons. The van der Waals surface area contributed by atoms with Gasteiger partial charge in [-0.25, -0.2) is 0 Å². The first kappa shape index (κ1) is 18.4. The monoisotopic (exact) mass is 276 g/mol. The average Bonchev–Trinajstić information content (AvgIpc) is 1.96. The molecule has 0 aliphatic rings. The third-order valence-corrected chi connectivity index (χ3v) is 15.3. The summed E-state index contributed by atoms with van der Waals surface area (Å²) in [6, 6.07) is 0. The van der Waals surface area contributed by atoms with Gasteiger partial charge in [-0.1, -0.05) is 55.4 Å². The van der Waals surface area contributed by atoms with E-state index < -0.39 is 8.29 Å². The van der Waals surface area contributed by atoms with Gasteiger partial charge < -0.3 is 0 Å². The highest BCUT2D eigenvalue weighted by atomic mass is 32.4. The van der Waals surface area contributed by atoms with Gasteiger partial charge in [-0.2, -0.15) is 0 Å². The molecule has 1 heteroatoms. The highest BCUT2D eigenvalue weighted by Crippen LogP contribution is 2.89. The Morgan fingerprint density at radius 3 is 1.44 bits per heavy atom. The Morgan fingerprint density at radius 1 is 0.833 bits per heavy atom. The zero-order valence-electron chi connectivity index (χ0n) is 15.1. The second-order valence-corrected chi connectivity index (χ2v) is 20.2. The van der Waals surface area contributed by atoms with Crippen LogP contribution in [0.4, 0.5) is 0 Å². The average molecular weight is 277 g/mol. The Hall–Kier alpha value is 0.350. The standard InChI is InChI=1S/C17H40S/c1-14(2)12-16(5)18(9,10,11,15(3)4)13-17(6,7)8/h14-16H,12-13H2,1-11H3. The van der Waals surface area contributed by atoms with Gasteiger partial charge in [0.25, 0.3) is 0 Å². The minimum Gasteiger partial charge on any atom is -0.277 e. The van der Waals surface area contributed by atoms with E-state index in [4.69, 9.17) is 0 Å². The maximum atomic E-state index is 2.66. The van der Waals surface area contributed by atoms with Crippen LogP contribution in [0.3, 0.4) is 0 Å². The quantitative estimate of drug-likeness (QED) is 0.609. The number of hydrogen-bond donors (Lipinski definition) is 0. The Balaban J connectivity index is 5.72. The van der Waals surface area contributed by atoms with Gasteiger partial charge in [-0.3, -0.25) is 8.29 Å². The van der Waals surface area contributed by atoms with Crippen molar-refractivity contribution in [3.05, 3.63) is 0 Å². The molecule has 0 bridgehead atoms. The van der Waals surface area contributed by atoms with Crippen LogP contribution in [0.2, 0.25) is 0 Å². The van der Waals surface area contributed by atoms with Gasteiger partial charge in [0, 0.05) is 0 Å². The van der Waals surface area contributed by atoms with Crippen molar-refractivity contribution in [3.63, 3.8) is 0 Å². The maximum absolute atomic E-state index is 2.66. The molecule has 18 heavy (non-hydrogen) atoms. The van der Waals surface area contributed by atoms with Crippen LogP contribution < -0.4 is 0 Å². The van der Waals surface area contributed by atoms with Crippen molar-refractivity contribution >= 4 is 8.29 Å². The van der Waals surface area contributed by atoms with Crippen molar-refractivity contribution in [2.45, 2.75) is 72.3 Å². The van der Waals surface area contributed by atoms with E-state index in [0.717, 1.165) is 16.4 Å². The van der Waals surface area contributed by atoms with E-state index in [1.54, 1.807) is 0 Å². The normalized spacial score (nSPS) is 19.8. The summed E-state index contributed by atoms with van der Waals surface area (Å²) >= 11 is 0. The topological polar surface area (TPSA) is 0 Å². The third-order valence-electron chi connectivity index (χ3n) is 5.58. The highest BCUT2D eigenvalue weighted by molar-refractivity contribution is 8.64. The molecule has 0 spiro atoms. The fourth-order valence-electron chi connectivity index (χ4n) is 3.65. The molecule has 0 saturated carbocycles. The molecule has 0 fully saturated rings. The molecule has 0 N–H and O–H groups in total. The van der Waals surface area contributed by atoms with Crippen LogP contribution in [0.1, 0.15) is 61.8 Å². The zero-order valence-corrected chi connectivity index (χ0v) is 15.9. The molecule has 0 heterocycles. The highest BCUT2D eigenvalue weighted by Gasteiger charge is 2.56. The molecule has 0 aliphatic carbocycles. The van der Waals surface area contributed by atoms with Crippen LogP contribution >= 0.6 is 8.29 Å². The summed E-state index contributed by atoms with van der Waals surface area (Å²) in [6.45, 7) is 19.4. The van der Waals surface area contributed by atoms with Gasteiger partial charge in [0.1, 0.15) is 0 Å². The van der Waals surface area contributed by atoms with Crippen molar-refractivity contribution in [3.8, 4) is 0 Å². The molecule has 0 saturated heterocycles. The smallest absolute Gasteiger partial charge is 0.0249 e.